The van der Waals surface area contributed by atoms with E-state index in [1.165, 1.54) is 0 Å². The number of aromatic amines is 1. The lowest BCUT2D eigenvalue weighted by molar-refractivity contribution is 0.685. The Morgan fingerprint density at radius 3 is 2.96 bits per heavy atom. The van der Waals surface area contributed by atoms with Crippen LogP contribution in [0.15, 0.2) is 36.7 Å². The molecular formula is C17H18ClN5. The maximum atomic E-state index is 6.34. The number of fused-ring (bicyclic) bond motifs is 1. The van der Waals surface area contributed by atoms with Crippen LogP contribution in [-0.4, -0.2) is 27.0 Å². The topological polar surface area (TPSA) is 79.6 Å². The number of anilines is 1. The molecule has 0 bridgehead atoms. The van der Waals surface area contributed by atoms with E-state index in [0.29, 0.717) is 17.0 Å². The van der Waals surface area contributed by atoms with Gasteiger partial charge in [0.05, 0.1) is 16.9 Å². The molecule has 1 aliphatic carbocycles. The molecule has 23 heavy (non-hydrogen) atoms. The number of aromatic nitrogens is 3. The minimum atomic E-state index is 0.271. The Hall–Kier alpha value is -2.11. The molecule has 5 nitrogen and oxygen atoms in total. The minimum absolute atomic E-state index is 0.271. The molecule has 0 spiro atoms. The molecule has 1 aliphatic rings. The van der Waals surface area contributed by atoms with Gasteiger partial charge in [0, 0.05) is 34.7 Å². The second-order valence-electron chi connectivity index (χ2n) is 6.05. The Kier molecular flexibility index (Phi) is 3.67. The van der Waals surface area contributed by atoms with Crippen molar-refractivity contribution in [2.24, 2.45) is 5.73 Å². The molecule has 2 aromatic heterocycles. The molecule has 2 unspecified atom stereocenters. The van der Waals surface area contributed by atoms with Crippen molar-refractivity contribution in [3.05, 3.63) is 41.7 Å². The molecule has 4 rings (SSSR count). The van der Waals surface area contributed by atoms with Crippen LogP contribution in [0.2, 0.25) is 5.02 Å². The maximum absolute atomic E-state index is 6.34. The molecule has 0 radical (unpaired) electrons. The molecule has 118 valence electrons. The summed E-state index contributed by atoms with van der Waals surface area (Å²) in [6.45, 7) is 0. The predicted molar refractivity (Wildman–Crippen MR) is 93.6 cm³/mol. The van der Waals surface area contributed by atoms with E-state index in [9.17, 15) is 0 Å². The second kappa shape index (κ2) is 5.83. The van der Waals surface area contributed by atoms with Crippen LogP contribution in [0.5, 0.6) is 0 Å². The van der Waals surface area contributed by atoms with Crippen molar-refractivity contribution in [1.82, 2.24) is 15.0 Å². The van der Waals surface area contributed by atoms with E-state index >= 15 is 0 Å². The summed E-state index contributed by atoms with van der Waals surface area (Å²) in [6, 6.07) is 8.71. The zero-order valence-electron chi connectivity index (χ0n) is 12.6. The molecule has 1 saturated carbocycles. The summed E-state index contributed by atoms with van der Waals surface area (Å²) in [5, 5.41) is 5.02. The summed E-state index contributed by atoms with van der Waals surface area (Å²) in [6.07, 6.45) is 6.64. The molecule has 0 aliphatic heterocycles. The fourth-order valence-electron chi connectivity index (χ4n) is 3.22. The number of nitrogens with one attached hydrogen (secondary N) is 2. The zero-order valence-corrected chi connectivity index (χ0v) is 13.3. The number of rotatable bonds is 3. The number of benzene rings is 1. The van der Waals surface area contributed by atoms with E-state index in [0.717, 1.165) is 41.4 Å². The highest BCUT2D eigenvalue weighted by atomic mass is 35.5. The van der Waals surface area contributed by atoms with Crippen LogP contribution in [0.1, 0.15) is 19.3 Å². The van der Waals surface area contributed by atoms with E-state index in [1.807, 2.05) is 24.4 Å². The van der Waals surface area contributed by atoms with E-state index in [4.69, 9.17) is 17.3 Å². The Balaban J connectivity index is 1.69. The SMILES string of the molecule is NC1CCC(Nc2ncc(Cl)c(-c3c[nH]c4ccccc34)n2)C1. The smallest absolute Gasteiger partial charge is 0.223 e. The fourth-order valence-corrected chi connectivity index (χ4v) is 3.42. The van der Waals surface area contributed by atoms with Crippen LogP contribution in [0.4, 0.5) is 5.95 Å². The number of H-pyrrole nitrogens is 1. The molecular weight excluding hydrogens is 310 g/mol. The van der Waals surface area contributed by atoms with Gasteiger partial charge in [0.2, 0.25) is 5.95 Å². The second-order valence-corrected chi connectivity index (χ2v) is 6.46. The van der Waals surface area contributed by atoms with Crippen LogP contribution in [0.25, 0.3) is 22.2 Å². The number of hydrogen-bond acceptors (Lipinski definition) is 4. The van der Waals surface area contributed by atoms with Crippen LogP contribution < -0.4 is 11.1 Å². The first-order chi connectivity index (χ1) is 11.2. The normalized spacial score (nSPS) is 21.0. The van der Waals surface area contributed by atoms with Crippen LogP contribution >= 0.6 is 11.6 Å². The van der Waals surface area contributed by atoms with Crippen LogP contribution in [-0.2, 0) is 0 Å². The van der Waals surface area contributed by atoms with Gasteiger partial charge >= 0.3 is 0 Å². The highest BCUT2D eigenvalue weighted by Gasteiger charge is 2.22. The van der Waals surface area contributed by atoms with Crippen molar-refractivity contribution in [2.75, 3.05) is 5.32 Å². The predicted octanol–water partition coefficient (Wildman–Crippen LogP) is 3.57. The lowest BCUT2D eigenvalue weighted by atomic mass is 10.1. The largest absolute Gasteiger partial charge is 0.360 e. The van der Waals surface area contributed by atoms with Gasteiger partial charge in [-0.3, -0.25) is 0 Å². The number of hydrogen-bond donors (Lipinski definition) is 3. The van der Waals surface area contributed by atoms with Gasteiger partial charge < -0.3 is 16.0 Å². The van der Waals surface area contributed by atoms with Crippen molar-refractivity contribution in [3.63, 3.8) is 0 Å². The van der Waals surface area contributed by atoms with Crippen molar-refractivity contribution in [3.8, 4) is 11.3 Å². The monoisotopic (exact) mass is 327 g/mol. The van der Waals surface area contributed by atoms with Crippen molar-refractivity contribution >= 4 is 28.5 Å². The standard InChI is InChI=1S/C17H18ClN5/c18-14-9-21-17(22-11-6-5-10(19)7-11)23-16(14)13-8-20-15-4-2-1-3-12(13)15/h1-4,8-11,20H,5-7,19H2,(H,21,22,23). The Bertz CT molecular complexity index is 844. The summed E-state index contributed by atoms with van der Waals surface area (Å²) >= 11 is 6.34. The lowest BCUT2D eigenvalue weighted by Crippen LogP contribution is -2.21. The highest BCUT2D eigenvalue weighted by molar-refractivity contribution is 6.33. The molecule has 0 saturated heterocycles. The quantitative estimate of drug-likeness (QED) is 0.687. The fraction of sp³-hybridized carbons (Fsp3) is 0.294. The third-order valence-electron chi connectivity index (χ3n) is 4.39. The van der Waals surface area contributed by atoms with Gasteiger partial charge in [-0.15, -0.1) is 0 Å². The molecule has 1 fully saturated rings. The van der Waals surface area contributed by atoms with Crippen LogP contribution in [0.3, 0.4) is 0 Å². The van der Waals surface area contributed by atoms with Gasteiger partial charge in [0.15, 0.2) is 0 Å². The highest BCUT2D eigenvalue weighted by Crippen LogP contribution is 2.32. The molecule has 2 heterocycles. The van der Waals surface area contributed by atoms with Crippen molar-refractivity contribution < 1.29 is 0 Å². The molecule has 1 aromatic carbocycles. The molecule has 6 heteroatoms. The third-order valence-corrected chi connectivity index (χ3v) is 4.67. The lowest BCUT2D eigenvalue weighted by Gasteiger charge is -2.13. The van der Waals surface area contributed by atoms with Gasteiger partial charge in [0.1, 0.15) is 0 Å². The summed E-state index contributed by atoms with van der Waals surface area (Å²) in [4.78, 5) is 12.2. The van der Waals surface area contributed by atoms with Crippen molar-refractivity contribution in [1.29, 1.82) is 0 Å². The summed E-state index contributed by atoms with van der Waals surface area (Å²) in [7, 11) is 0. The van der Waals surface area contributed by atoms with Gasteiger partial charge in [-0.25, -0.2) is 9.97 Å². The van der Waals surface area contributed by atoms with E-state index in [1.54, 1.807) is 6.20 Å². The summed E-state index contributed by atoms with van der Waals surface area (Å²) in [5.74, 6) is 0.605. The number of para-hydroxylation sites is 1. The van der Waals surface area contributed by atoms with Crippen molar-refractivity contribution in [2.45, 2.75) is 31.3 Å². The Labute approximate surface area is 139 Å². The molecule has 2 atom stereocenters. The molecule has 0 amide bonds. The average Bonchev–Trinajstić information content (AvgIpc) is 3.15. The third kappa shape index (κ3) is 2.78. The summed E-state index contributed by atoms with van der Waals surface area (Å²) in [5.41, 5.74) is 8.75. The van der Waals surface area contributed by atoms with Gasteiger partial charge in [-0.2, -0.15) is 0 Å². The Morgan fingerprint density at radius 2 is 2.13 bits per heavy atom. The minimum Gasteiger partial charge on any atom is -0.360 e. The van der Waals surface area contributed by atoms with Crippen LogP contribution in [0, 0.1) is 0 Å². The maximum Gasteiger partial charge on any atom is 0.223 e. The van der Waals surface area contributed by atoms with Gasteiger partial charge in [0.25, 0.3) is 0 Å². The number of halogens is 1. The first-order valence-electron chi connectivity index (χ1n) is 7.82. The number of nitrogens with zero attached hydrogens (tertiary/aromatic N) is 2. The molecule has 4 N–H and O–H groups in total. The first kappa shape index (κ1) is 14.5. The zero-order chi connectivity index (χ0) is 15.8. The van der Waals surface area contributed by atoms with Gasteiger partial charge in [-0.05, 0) is 25.3 Å². The van der Waals surface area contributed by atoms with E-state index < -0.39 is 0 Å². The Morgan fingerprint density at radius 1 is 1.26 bits per heavy atom. The van der Waals surface area contributed by atoms with Gasteiger partial charge in [-0.1, -0.05) is 29.8 Å². The molecule has 3 aromatic rings. The number of nitrogens with two attached hydrogens (primary N) is 1. The van der Waals surface area contributed by atoms with E-state index in [2.05, 4.69) is 26.3 Å². The summed E-state index contributed by atoms with van der Waals surface area (Å²) < 4.78 is 0. The average molecular weight is 328 g/mol. The first-order valence-corrected chi connectivity index (χ1v) is 8.19. The van der Waals surface area contributed by atoms with E-state index in [-0.39, 0.29) is 6.04 Å².